The molecule has 0 aromatic heterocycles. The van der Waals surface area contributed by atoms with Gasteiger partial charge in [-0.05, 0) is 53.4 Å². The summed E-state index contributed by atoms with van der Waals surface area (Å²) in [5.41, 5.74) is 1.18. The molecular formula is C17H27BrCl2N2O2. The van der Waals surface area contributed by atoms with E-state index in [-0.39, 0.29) is 30.6 Å². The van der Waals surface area contributed by atoms with Gasteiger partial charge in [0.05, 0.1) is 11.1 Å². The maximum atomic E-state index is 10.1. The topological polar surface area (TPSA) is 44.7 Å². The molecule has 1 aromatic rings. The Bertz CT molecular complexity index is 512. The van der Waals surface area contributed by atoms with E-state index in [1.807, 2.05) is 25.1 Å². The molecule has 0 aliphatic carbocycles. The Morgan fingerprint density at radius 3 is 2.62 bits per heavy atom. The predicted octanol–water partition coefficient (Wildman–Crippen LogP) is 4.31. The molecule has 7 heteroatoms. The van der Waals surface area contributed by atoms with Crippen LogP contribution in [0.2, 0.25) is 0 Å². The van der Waals surface area contributed by atoms with Crippen molar-refractivity contribution in [3.8, 4) is 11.5 Å². The van der Waals surface area contributed by atoms with Crippen molar-refractivity contribution in [1.82, 2.24) is 10.2 Å². The van der Waals surface area contributed by atoms with E-state index in [4.69, 9.17) is 4.74 Å². The van der Waals surface area contributed by atoms with Gasteiger partial charge in [-0.3, -0.25) is 4.90 Å². The summed E-state index contributed by atoms with van der Waals surface area (Å²) in [5.74, 6) is 0.721. The average Bonchev–Trinajstić information content (AvgIpc) is 2.53. The van der Waals surface area contributed by atoms with Gasteiger partial charge < -0.3 is 15.2 Å². The van der Waals surface area contributed by atoms with E-state index >= 15 is 0 Å². The van der Waals surface area contributed by atoms with Crippen LogP contribution in [0.3, 0.4) is 0 Å². The Morgan fingerprint density at radius 1 is 1.38 bits per heavy atom. The number of hydrogen-bond donors (Lipinski definition) is 2. The lowest BCUT2D eigenvalue weighted by atomic mass is 9.99. The number of allylic oxidation sites excluding steroid dienone is 1. The summed E-state index contributed by atoms with van der Waals surface area (Å²) < 4.78 is 6.26. The number of piperazine rings is 1. The van der Waals surface area contributed by atoms with E-state index in [9.17, 15) is 5.11 Å². The van der Waals surface area contributed by atoms with Crippen LogP contribution in [0.15, 0.2) is 29.3 Å². The van der Waals surface area contributed by atoms with Crippen LogP contribution < -0.4 is 10.1 Å². The molecular weight excluding hydrogens is 415 g/mol. The molecule has 138 valence electrons. The highest BCUT2D eigenvalue weighted by Gasteiger charge is 2.23. The van der Waals surface area contributed by atoms with E-state index < -0.39 is 0 Å². The van der Waals surface area contributed by atoms with Crippen molar-refractivity contribution in [3.05, 3.63) is 34.8 Å². The molecule has 2 rings (SSSR count). The lowest BCUT2D eigenvalue weighted by molar-refractivity contribution is 0.165. The van der Waals surface area contributed by atoms with E-state index in [1.54, 1.807) is 0 Å². The minimum absolute atomic E-state index is 0. The van der Waals surface area contributed by atoms with Crippen molar-refractivity contribution in [2.24, 2.45) is 0 Å². The Morgan fingerprint density at radius 2 is 2.04 bits per heavy atom. The summed E-state index contributed by atoms with van der Waals surface area (Å²) >= 11 is 3.45. The summed E-state index contributed by atoms with van der Waals surface area (Å²) in [6, 6.07) is 4.30. The third-order valence-electron chi connectivity index (χ3n) is 3.97. The number of ether oxygens (including phenoxy) is 1. The first-order chi connectivity index (χ1) is 10.7. The van der Waals surface area contributed by atoms with Crippen LogP contribution in [0.5, 0.6) is 11.5 Å². The molecule has 0 radical (unpaired) electrons. The summed E-state index contributed by atoms with van der Waals surface area (Å²) in [6.07, 6.45) is 3.96. The fourth-order valence-electron chi connectivity index (χ4n) is 2.88. The van der Waals surface area contributed by atoms with Crippen molar-refractivity contribution in [1.29, 1.82) is 0 Å². The van der Waals surface area contributed by atoms with Gasteiger partial charge in [0.15, 0.2) is 11.5 Å². The normalized spacial score (nSPS) is 15.8. The third-order valence-corrected chi connectivity index (χ3v) is 4.58. The van der Waals surface area contributed by atoms with Crippen molar-refractivity contribution in [3.63, 3.8) is 0 Å². The largest absolute Gasteiger partial charge is 0.503 e. The summed E-state index contributed by atoms with van der Waals surface area (Å²) in [4.78, 5) is 2.49. The second-order valence-corrected chi connectivity index (χ2v) is 6.30. The number of nitrogens with zero attached hydrogens (tertiary/aromatic N) is 1. The molecule has 0 bridgehead atoms. The Hall–Kier alpha value is -0.460. The number of benzene rings is 1. The quantitative estimate of drug-likeness (QED) is 0.618. The van der Waals surface area contributed by atoms with Gasteiger partial charge in [0.1, 0.15) is 0 Å². The lowest BCUT2D eigenvalue weighted by Gasteiger charge is -2.35. The first-order valence-electron chi connectivity index (χ1n) is 7.88. The van der Waals surface area contributed by atoms with Crippen LogP contribution in [-0.2, 0) is 0 Å². The summed E-state index contributed by atoms with van der Waals surface area (Å²) in [6.45, 7) is 10.4. The molecule has 2 N–H and O–H groups in total. The minimum atomic E-state index is 0. The van der Waals surface area contributed by atoms with Crippen LogP contribution >= 0.6 is 40.7 Å². The Balaban J connectivity index is 0.00000264. The van der Waals surface area contributed by atoms with Crippen molar-refractivity contribution < 1.29 is 9.84 Å². The molecule has 24 heavy (non-hydrogen) atoms. The molecule has 1 aliphatic rings. The van der Waals surface area contributed by atoms with E-state index in [0.717, 1.165) is 39.0 Å². The second kappa shape index (κ2) is 12.0. The molecule has 0 spiro atoms. The van der Waals surface area contributed by atoms with Crippen molar-refractivity contribution in [2.45, 2.75) is 25.8 Å². The number of halogens is 3. The van der Waals surface area contributed by atoms with E-state index in [2.05, 4.69) is 32.7 Å². The smallest absolute Gasteiger partial charge is 0.172 e. The summed E-state index contributed by atoms with van der Waals surface area (Å²) in [7, 11) is 0. The molecule has 1 saturated heterocycles. The molecule has 4 nitrogen and oxygen atoms in total. The van der Waals surface area contributed by atoms with E-state index in [1.165, 1.54) is 5.56 Å². The second-order valence-electron chi connectivity index (χ2n) is 5.45. The molecule has 1 atom stereocenters. The third kappa shape index (κ3) is 6.12. The van der Waals surface area contributed by atoms with Crippen LogP contribution in [0.1, 0.15) is 31.4 Å². The zero-order chi connectivity index (χ0) is 15.9. The van der Waals surface area contributed by atoms with Gasteiger partial charge in [-0.2, -0.15) is 0 Å². The highest BCUT2D eigenvalue weighted by atomic mass is 79.9. The zero-order valence-corrected chi connectivity index (χ0v) is 17.2. The maximum absolute atomic E-state index is 10.1. The summed E-state index contributed by atoms with van der Waals surface area (Å²) in [5, 5.41) is 13.5. The predicted molar refractivity (Wildman–Crippen MR) is 108 cm³/mol. The number of rotatable bonds is 7. The number of phenolic OH excluding ortho intramolecular Hbond substituents is 1. The number of phenols is 1. The molecule has 1 aliphatic heterocycles. The highest BCUT2D eigenvalue weighted by molar-refractivity contribution is 9.10. The molecule has 0 saturated carbocycles. The van der Waals surface area contributed by atoms with Gasteiger partial charge in [-0.1, -0.05) is 6.08 Å². The fraction of sp³-hybridized carbons (Fsp3) is 0.529. The van der Waals surface area contributed by atoms with Crippen LogP contribution in [0, 0.1) is 0 Å². The van der Waals surface area contributed by atoms with Gasteiger partial charge in [0.2, 0.25) is 0 Å². The van der Waals surface area contributed by atoms with Gasteiger partial charge in [-0.25, -0.2) is 0 Å². The molecule has 0 amide bonds. The fourth-order valence-corrected chi connectivity index (χ4v) is 3.34. The highest BCUT2D eigenvalue weighted by Crippen LogP contribution is 2.39. The van der Waals surface area contributed by atoms with E-state index in [0.29, 0.717) is 22.9 Å². The number of aromatic hydroxyl groups is 1. The first kappa shape index (κ1) is 23.5. The lowest BCUT2D eigenvalue weighted by Crippen LogP contribution is -2.45. The van der Waals surface area contributed by atoms with Gasteiger partial charge >= 0.3 is 0 Å². The monoisotopic (exact) mass is 440 g/mol. The van der Waals surface area contributed by atoms with Crippen LogP contribution in [-0.4, -0.2) is 42.8 Å². The standard InChI is InChI=1S/C17H25BrN2O2.2ClH/c1-3-5-6-15(20-9-7-19-8-10-20)13-11-14(18)17(21)16(12-13)22-4-2;;/h3,11-12,15,19,21H,1,4-10H2,2H3;2*1H/t15-;;/m1../s1. The van der Waals surface area contributed by atoms with Gasteiger partial charge in [-0.15, -0.1) is 31.4 Å². The van der Waals surface area contributed by atoms with Crippen molar-refractivity contribution in [2.75, 3.05) is 32.8 Å². The zero-order valence-electron chi connectivity index (χ0n) is 14.0. The number of hydrogen-bond acceptors (Lipinski definition) is 4. The van der Waals surface area contributed by atoms with Gasteiger partial charge in [0.25, 0.3) is 0 Å². The van der Waals surface area contributed by atoms with Crippen LogP contribution in [0.25, 0.3) is 0 Å². The number of nitrogens with one attached hydrogen (secondary N) is 1. The molecule has 0 unspecified atom stereocenters. The first-order valence-corrected chi connectivity index (χ1v) is 8.67. The van der Waals surface area contributed by atoms with Crippen molar-refractivity contribution >= 4 is 40.7 Å². The maximum Gasteiger partial charge on any atom is 0.172 e. The molecule has 1 heterocycles. The molecule has 1 fully saturated rings. The Labute approximate surface area is 165 Å². The Kier molecular flexibility index (Phi) is 11.8. The minimum Gasteiger partial charge on any atom is -0.503 e. The van der Waals surface area contributed by atoms with Gasteiger partial charge in [0, 0.05) is 32.2 Å². The van der Waals surface area contributed by atoms with Crippen LogP contribution in [0.4, 0.5) is 0 Å². The SMILES string of the molecule is C=CCC[C@H](c1cc(Br)c(O)c(OCC)c1)N1CCNCC1.Cl.Cl. The molecule has 1 aromatic carbocycles. The average molecular weight is 442 g/mol.